The molecule has 35 heavy (non-hydrogen) atoms. The largest absolute Gasteiger partial charge is 0.497 e. The molecule has 0 radical (unpaired) electrons. The van der Waals surface area contributed by atoms with Crippen LogP contribution in [0.2, 0.25) is 0 Å². The van der Waals surface area contributed by atoms with E-state index in [0.29, 0.717) is 11.2 Å². The number of ether oxygens (including phenoxy) is 1. The highest BCUT2D eigenvalue weighted by Crippen LogP contribution is 2.26. The van der Waals surface area contributed by atoms with Crippen LogP contribution >= 0.6 is 0 Å². The fourth-order valence-electron chi connectivity index (χ4n) is 4.18. The van der Waals surface area contributed by atoms with Crippen molar-refractivity contribution in [3.63, 3.8) is 0 Å². The summed E-state index contributed by atoms with van der Waals surface area (Å²) in [6, 6.07) is 23.9. The van der Waals surface area contributed by atoms with E-state index in [9.17, 15) is 4.79 Å². The van der Waals surface area contributed by atoms with Gasteiger partial charge in [0.2, 0.25) is 0 Å². The summed E-state index contributed by atoms with van der Waals surface area (Å²) in [5.74, 6) is 0.747. The molecular weight excluding hydrogens is 438 g/mol. The molecular formula is C28H27N5O2. The number of hydrogen-bond acceptors (Lipinski definition) is 5. The molecule has 5 rings (SSSR count). The van der Waals surface area contributed by atoms with Gasteiger partial charge in [0, 0.05) is 12.2 Å². The first kappa shape index (κ1) is 22.6. The number of benzene rings is 3. The van der Waals surface area contributed by atoms with Gasteiger partial charge >= 0.3 is 0 Å². The van der Waals surface area contributed by atoms with Crippen molar-refractivity contribution in [1.29, 1.82) is 0 Å². The zero-order valence-corrected chi connectivity index (χ0v) is 20.0. The molecule has 0 aliphatic heterocycles. The van der Waals surface area contributed by atoms with Crippen molar-refractivity contribution in [1.82, 2.24) is 24.0 Å². The average Bonchev–Trinajstić information content (AvgIpc) is 3.34. The monoisotopic (exact) mass is 465 g/mol. The van der Waals surface area contributed by atoms with Gasteiger partial charge < -0.3 is 9.64 Å². The maximum Gasteiger partial charge on any atom is 0.284 e. The van der Waals surface area contributed by atoms with Gasteiger partial charge in [-0.25, -0.2) is 9.97 Å². The van der Waals surface area contributed by atoms with Crippen LogP contribution in [0.15, 0.2) is 90.2 Å². The molecule has 7 heteroatoms. The van der Waals surface area contributed by atoms with Gasteiger partial charge in [-0.2, -0.15) is 0 Å². The van der Waals surface area contributed by atoms with Crippen molar-refractivity contribution < 1.29 is 4.74 Å². The molecule has 0 atom stereocenters. The van der Waals surface area contributed by atoms with E-state index in [2.05, 4.69) is 65.2 Å². The summed E-state index contributed by atoms with van der Waals surface area (Å²) in [6.45, 7) is 4.02. The van der Waals surface area contributed by atoms with Crippen molar-refractivity contribution in [2.75, 3.05) is 20.7 Å². The normalized spacial score (nSPS) is 11.3. The third-order valence-corrected chi connectivity index (χ3v) is 6.27. The van der Waals surface area contributed by atoms with Crippen molar-refractivity contribution in [2.45, 2.75) is 13.5 Å². The predicted molar refractivity (Wildman–Crippen MR) is 138 cm³/mol. The zero-order chi connectivity index (χ0) is 24.4. The number of imidazole rings is 1. The quantitative estimate of drug-likeness (QED) is 0.349. The number of methoxy groups -OCH3 is 1. The van der Waals surface area contributed by atoms with E-state index in [0.717, 1.165) is 35.8 Å². The first-order chi connectivity index (χ1) is 17.1. The topological polar surface area (TPSA) is 65.2 Å². The summed E-state index contributed by atoms with van der Waals surface area (Å²) in [4.78, 5) is 24.5. The van der Waals surface area contributed by atoms with E-state index in [4.69, 9.17) is 4.74 Å². The molecule has 5 aromatic rings. The lowest BCUT2D eigenvalue weighted by atomic mass is 9.99. The highest BCUT2D eigenvalue weighted by molar-refractivity contribution is 5.73. The van der Waals surface area contributed by atoms with E-state index >= 15 is 0 Å². The Morgan fingerprint density at radius 3 is 2.17 bits per heavy atom. The molecule has 0 saturated heterocycles. The van der Waals surface area contributed by atoms with Crippen LogP contribution in [0.4, 0.5) is 0 Å². The van der Waals surface area contributed by atoms with E-state index in [1.807, 2.05) is 36.4 Å². The number of aromatic nitrogens is 4. The number of fused-ring (bicyclic) bond motifs is 1. The lowest BCUT2D eigenvalue weighted by Gasteiger charge is -2.17. The van der Waals surface area contributed by atoms with Gasteiger partial charge in [0.05, 0.1) is 12.8 Å². The zero-order valence-electron chi connectivity index (χ0n) is 20.0. The molecule has 3 aromatic carbocycles. The maximum atomic E-state index is 13.5. The molecule has 0 aliphatic carbocycles. The minimum atomic E-state index is -0.180. The Morgan fingerprint density at radius 2 is 1.49 bits per heavy atom. The molecule has 0 unspecified atom stereocenters. The molecule has 2 aromatic heterocycles. The fraction of sp³-hybridized carbons (Fsp3) is 0.179. The number of nitrogens with zero attached hydrogens (tertiary/aromatic N) is 5. The van der Waals surface area contributed by atoms with Crippen LogP contribution in [0.25, 0.3) is 33.7 Å². The minimum absolute atomic E-state index is 0.180. The third-order valence-electron chi connectivity index (χ3n) is 6.27. The Morgan fingerprint density at radius 1 is 0.857 bits per heavy atom. The Labute approximate surface area is 203 Å². The van der Waals surface area contributed by atoms with Crippen LogP contribution in [0.5, 0.6) is 5.75 Å². The lowest BCUT2D eigenvalue weighted by molar-refractivity contribution is 0.346. The van der Waals surface area contributed by atoms with Crippen molar-refractivity contribution in [3.8, 4) is 28.3 Å². The van der Waals surface area contributed by atoms with E-state index < -0.39 is 0 Å². The second kappa shape index (κ2) is 9.56. The Balaban J connectivity index is 1.52. The second-order valence-corrected chi connectivity index (χ2v) is 8.44. The second-order valence-electron chi connectivity index (χ2n) is 8.44. The van der Waals surface area contributed by atoms with Crippen LogP contribution in [-0.2, 0) is 6.54 Å². The van der Waals surface area contributed by atoms with Crippen molar-refractivity contribution in [2.24, 2.45) is 0 Å². The van der Waals surface area contributed by atoms with Gasteiger partial charge in [0.15, 0.2) is 11.2 Å². The molecule has 0 bridgehead atoms. The molecule has 0 N–H and O–H groups in total. The van der Waals surface area contributed by atoms with E-state index in [1.165, 1.54) is 17.5 Å². The summed E-state index contributed by atoms with van der Waals surface area (Å²) >= 11 is 0. The van der Waals surface area contributed by atoms with Crippen LogP contribution in [0.1, 0.15) is 12.5 Å². The lowest BCUT2D eigenvalue weighted by Crippen LogP contribution is -2.20. The van der Waals surface area contributed by atoms with Crippen LogP contribution in [-0.4, -0.2) is 44.7 Å². The third kappa shape index (κ3) is 4.34. The SMILES string of the molecule is CCN(C)Cc1ccccc1-c1ccc(-n2cnc3ncn(-c4ccc(OC)cc4)c3c2=O)cc1. The molecule has 0 aliphatic rings. The van der Waals surface area contributed by atoms with E-state index in [-0.39, 0.29) is 5.56 Å². The molecule has 0 fully saturated rings. The minimum Gasteiger partial charge on any atom is -0.497 e. The first-order valence-corrected chi connectivity index (χ1v) is 11.6. The predicted octanol–water partition coefficient (Wildman–Crippen LogP) is 4.70. The maximum absolute atomic E-state index is 13.5. The summed E-state index contributed by atoms with van der Waals surface area (Å²) < 4.78 is 8.56. The molecule has 7 nitrogen and oxygen atoms in total. The van der Waals surface area contributed by atoms with E-state index in [1.54, 1.807) is 22.6 Å². The van der Waals surface area contributed by atoms with Crippen LogP contribution in [0, 0.1) is 0 Å². The molecule has 0 spiro atoms. The first-order valence-electron chi connectivity index (χ1n) is 11.6. The highest BCUT2D eigenvalue weighted by Gasteiger charge is 2.14. The summed E-state index contributed by atoms with van der Waals surface area (Å²) in [7, 11) is 3.74. The Bertz CT molecular complexity index is 1520. The van der Waals surface area contributed by atoms with Gasteiger partial charge in [-0.15, -0.1) is 0 Å². The molecule has 0 amide bonds. The van der Waals surface area contributed by atoms with Crippen molar-refractivity contribution in [3.05, 3.63) is 101 Å². The van der Waals surface area contributed by atoms with Gasteiger partial charge in [-0.05, 0) is 66.7 Å². The molecule has 2 heterocycles. The summed E-state index contributed by atoms with van der Waals surface area (Å²) in [6.07, 6.45) is 3.16. The van der Waals surface area contributed by atoms with Gasteiger partial charge in [-0.1, -0.05) is 43.3 Å². The molecule has 0 saturated carbocycles. The van der Waals surface area contributed by atoms with Gasteiger partial charge in [0.25, 0.3) is 5.56 Å². The highest BCUT2D eigenvalue weighted by atomic mass is 16.5. The average molecular weight is 466 g/mol. The van der Waals surface area contributed by atoms with Crippen molar-refractivity contribution >= 4 is 11.2 Å². The van der Waals surface area contributed by atoms with Crippen LogP contribution < -0.4 is 10.3 Å². The Kier molecular flexibility index (Phi) is 6.16. The van der Waals surface area contributed by atoms with Crippen LogP contribution in [0.3, 0.4) is 0 Å². The molecule has 176 valence electrons. The standard InChI is InChI=1S/C28H27N5O2/c1-4-31(2)17-21-7-5-6-8-25(21)20-9-11-23(12-10-20)33-19-30-27-26(28(33)34)32(18-29-27)22-13-15-24(35-3)16-14-22/h5-16,18-19H,4,17H2,1-3H3. The van der Waals surface area contributed by atoms with Gasteiger partial charge in [-0.3, -0.25) is 13.9 Å². The summed E-state index contributed by atoms with van der Waals surface area (Å²) in [5.41, 5.74) is 5.79. The van der Waals surface area contributed by atoms with Gasteiger partial charge in [0.1, 0.15) is 18.4 Å². The number of hydrogen-bond donors (Lipinski definition) is 0. The number of rotatable bonds is 7. The Hall–Kier alpha value is -4.23. The fourth-order valence-corrected chi connectivity index (χ4v) is 4.18. The smallest absolute Gasteiger partial charge is 0.284 e. The summed E-state index contributed by atoms with van der Waals surface area (Å²) in [5, 5.41) is 0.